The predicted molar refractivity (Wildman–Crippen MR) is 170 cm³/mol. The van der Waals surface area contributed by atoms with E-state index in [0.29, 0.717) is 43.4 Å². The van der Waals surface area contributed by atoms with Crippen molar-refractivity contribution in [2.45, 2.75) is 63.3 Å². The van der Waals surface area contributed by atoms with Gasteiger partial charge in [-0.1, -0.05) is 44.2 Å². The summed E-state index contributed by atoms with van der Waals surface area (Å²) in [4.78, 5) is 44.9. The van der Waals surface area contributed by atoms with Gasteiger partial charge in [0.05, 0.1) is 6.04 Å². The molecule has 1 aliphatic heterocycles. The standard InChI is InChI=1S/C25H39N3O4S2.2C2HF3O2/c1-17(2)18(9-10-19(26)16-33)14-28-15-21(32-20-7-5-4-6-8-20)13-23(28)24(29)27-22(25(30)31)11-12-34-3;2*3-2(4,5)1(6)7/h4-10,17-19,21-23,33H,11-16,26H2,1-3H3,(H,27,29)(H,30,31);2*(H,6,7)/b10-9+;;/t18-,19+,21-,22-,23-;;/m0../s1. The van der Waals surface area contributed by atoms with Crippen molar-refractivity contribution in [1.82, 2.24) is 10.2 Å². The molecule has 0 radical (unpaired) electrons. The molecule has 0 saturated carbocycles. The Morgan fingerprint density at radius 2 is 1.56 bits per heavy atom. The average molecular weight is 738 g/mol. The zero-order valence-electron chi connectivity index (χ0n) is 26.3. The van der Waals surface area contributed by atoms with E-state index in [4.69, 9.17) is 30.3 Å². The van der Waals surface area contributed by atoms with E-state index in [1.165, 1.54) is 0 Å². The number of benzene rings is 1. The quantitative estimate of drug-likeness (QED) is 0.0917. The van der Waals surface area contributed by atoms with Gasteiger partial charge in [-0.15, -0.1) is 0 Å². The molecule has 5 atom stereocenters. The molecule has 0 spiro atoms. The van der Waals surface area contributed by atoms with E-state index in [1.807, 2.05) is 42.7 Å². The highest BCUT2D eigenvalue weighted by Gasteiger charge is 2.41. The van der Waals surface area contributed by atoms with Crippen LogP contribution in [0.1, 0.15) is 26.7 Å². The van der Waals surface area contributed by atoms with Crippen LogP contribution in [0.2, 0.25) is 0 Å². The van der Waals surface area contributed by atoms with E-state index in [2.05, 4.69) is 42.8 Å². The van der Waals surface area contributed by atoms with Crippen molar-refractivity contribution in [3.8, 4) is 5.75 Å². The lowest BCUT2D eigenvalue weighted by Gasteiger charge is -2.29. The number of para-hydroxylation sites is 1. The molecule has 2 rings (SSSR count). The van der Waals surface area contributed by atoms with Crippen molar-refractivity contribution in [2.75, 3.05) is 30.9 Å². The maximum atomic E-state index is 13.3. The lowest BCUT2D eigenvalue weighted by Crippen LogP contribution is -2.50. The molecule has 0 bridgehead atoms. The summed E-state index contributed by atoms with van der Waals surface area (Å²) >= 11 is 5.82. The van der Waals surface area contributed by atoms with Gasteiger partial charge in [0.15, 0.2) is 0 Å². The van der Waals surface area contributed by atoms with E-state index in [-0.39, 0.29) is 24.0 Å². The van der Waals surface area contributed by atoms with Crippen LogP contribution in [0.15, 0.2) is 42.5 Å². The first kappa shape index (κ1) is 44.8. The van der Waals surface area contributed by atoms with Crippen molar-refractivity contribution in [3.05, 3.63) is 42.5 Å². The SMILES string of the molecule is CSCC[C@H](NC(=O)[C@@H]1C[C@H](Oc2ccccc2)CN1C[C@H](/C=C/[C@@H](N)CS)C(C)C)C(=O)O.O=C(O)C(F)(F)F.O=C(O)C(F)(F)F. The number of nitrogens with zero attached hydrogens (tertiary/aromatic N) is 1. The van der Waals surface area contributed by atoms with Gasteiger partial charge >= 0.3 is 30.3 Å². The number of carbonyl (C=O) groups is 4. The first-order chi connectivity index (χ1) is 22.1. The molecular formula is C29H41F6N3O8S2. The maximum Gasteiger partial charge on any atom is 0.490 e. The van der Waals surface area contributed by atoms with Crippen LogP contribution in [0.3, 0.4) is 0 Å². The van der Waals surface area contributed by atoms with Crippen molar-refractivity contribution in [1.29, 1.82) is 0 Å². The second-order valence-corrected chi connectivity index (χ2v) is 12.0. The fourth-order valence-electron chi connectivity index (χ4n) is 3.98. The molecule has 1 amide bonds. The van der Waals surface area contributed by atoms with E-state index in [0.717, 1.165) is 5.75 Å². The molecule has 1 saturated heterocycles. The fourth-order valence-corrected chi connectivity index (χ4v) is 4.58. The first-order valence-electron chi connectivity index (χ1n) is 14.3. The molecule has 19 heteroatoms. The number of hydrogen-bond acceptors (Lipinski definition) is 9. The summed E-state index contributed by atoms with van der Waals surface area (Å²) in [6.07, 6.45) is -3.43. The number of alkyl halides is 6. The number of hydrogen-bond donors (Lipinski definition) is 6. The lowest BCUT2D eigenvalue weighted by atomic mass is 9.94. The van der Waals surface area contributed by atoms with Crippen molar-refractivity contribution < 1.29 is 65.6 Å². The number of nitrogens with one attached hydrogen (secondary N) is 1. The molecule has 1 aliphatic rings. The monoisotopic (exact) mass is 737 g/mol. The van der Waals surface area contributed by atoms with Crippen LogP contribution in [0.4, 0.5) is 26.3 Å². The highest BCUT2D eigenvalue weighted by Crippen LogP contribution is 2.27. The summed E-state index contributed by atoms with van der Waals surface area (Å²) in [5.74, 6) is -4.26. The second-order valence-electron chi connectivity index (χ2n) is 10.7. The van der Waals surface area contributed by atoms with Crippen molar-refractivity contribution >= 4 is 48.2 Å². The van der Waals surface area contributed by atoms with Crippen molar-refractivity contribution in [2.24, 2.45) is 17.6 Å². The minimum atomic E-state index is -5.08. The Morgan fingerprint density at radius 1 is 1.04 bits per heavy atom. The average Bonchev–Trinajstić information content (AvgIpc) is 3.38. The molecule has 11 nitrogen and oxygen atoms in total. The molecule has 1 fully saturated rings. The molecule has 1 aromatic rings. The number of likely N-dealkylation sites (tertiary alicyclic amines) is 1. The van der Waals surface area contributed by atoms with E-state index < -0.39 is 42.3 Å². The summed E-state index contributed by atoms with van der Waals surface area (Å²) in [7, 11) is 0. The van der Waals surface area contributed by atoms with Gasteiger partial charge in [0, 0.05) is 31.3 Å². The van der Waals surface area contributed by atoms with Gasteiger partial charge in [0.25, 0.3) is 0 Å². The van der Waals surface area contributed by atoms with E-state index in [1.54, 1.807) is 11.8 Å². The molecule has 1 aromatic carbocycles. The number of aliphatic carboxylic acids is 3. The number of carbonyl (C=O) groups excluding carboxylic acids is 1. The van der Waals surface area contributed by atoms with Gasteiger partial charge in [0.1, 0.15) is 17.9 Å². The predicted octanol–water partition coefficient (Wildman–Crippen LogP) is 4.18. The number of amides is 1. The second kappa shape index (κ2) is 21.7. The fraction of sp³-hybridized carbons (Fsp3) is 0.586. The van der Waals surface area contributed by atoms with Crippen LogP contribution in [0.25, 0.3) is 0 Å². The number of thiol groups is 1. The number of halogens is 6. The first-order valence-corrected chi connectivity index (χ1v) is 16.3. The largest absolute Gasteiger partial charge is 0.490 e. The maximum absolute atomic E-state index is 13.3. The Labute approximate surface area is 283 Å². The summed E-state index contributed by atoms with van der Waals surface area (Å²) in [5.41, 5.74) is 6.02. The smallest absolute Gasteiger partial charge is 0.489 e. The lowest BCUT2D eigenvalue weighted by molar-refractivity contribution is -0.193. The summed E-state index contributed by atoms with van der Waals surface area (Å²) in [6.45, 7) is 5.54. The van der Waals surface area contributed by atoms with E-state index >= 15 is 0 Å². The number of rotatable bonds is 14. The molecule has 1 heterocycles. The van der Waals surface area contributed by atoms with Crippen LogP contribution in [-0.4, -0.2) is 111 Å². The topological polar surface area (TPSA) is 179 Å². The molecule has 274 valence electrons. The zero-order chi connectivity index (χ0) is 37.2. The highest BCUT2D eigenvalue weighted by atomic mass is 32.2. The number of nitrogens with two attached hydrogens (primary N) is 1. The number of carboxylic acid groups (broad SMARTS) is 3. The van der Waals surface area contributed by atoms with Gasteiger partial charge in [-0.25, -0.2) is 14.4 Å². The van der Waals surface area contributed by atoms with Crippen LogP contribution >= 0.6 is 24.4 Å². The summed E-state index contributed by atoms with van der Waals surface area (Å²) < 4.78 is 69.6. The Balaban J connectivity index is 0.00000131. The summed E-state index contributed by atoms with van der Waals surface area (Å²) in [6, 6.07) is 8.09. The molecule has 0 aliphatic carbocycles. The third-order valence-electron chi connectivity index (χ3n) is 6.54. The van der Waals surface area contributed by atoms with Gasteiger partial charge in [0.2, 0.25) is 5.91 Å². The molecule has 0 aromatic heterocycles. The Hall–Kier alpha value is -3.16. The minimum Gasteiger partial charge on any atom is -0.489 e. The number of carboxylic acids is 3. The number of ether oxygens (including phenoxy) is 1. The van der Waals surface area contributed by atoms with Gasteiger partial charge in [-0.2, -0.15) is 50.7 Å². The zero-order valence-corrected chi connectivity index (χ0v) is 28.0. The van der Waals surface area contributed by atoms with Crippen LogP contribution < -0.4 is 15.8 Å². The molecule has 6 N–H and O–H groups in total. The van der Waals surface area contributed by atoms with E-state index in [9.17, 15) is 41.0 Å². The Morgan fingerprint density at radius 3 is 1.98 bits per heavy atom. The van der Waals surface area contributed by atoms with Gasteiger partial charge in [-0.3, -0.25) is 9.69 Å². The Kier molecular flexibility index (Phi) is 20.3. The Bertz CT molecular complexity index is 1150. The van der Waals surface area contributed by atoms with Crippen molar-refractivity contribution in [3.63, 3.8) is 0 Å². The highest BCUT2D eigenvalue weighted by molar-refractivity contribution is 7.98. The number of thioether (sulfide) groups is 1. The molecule has 48 heavy (non-hydrogen) atoms. The third kappa shape index (κ3) is 18.4. The van der Waals surface area contributed by atoms with Crippen LogP contribution in [0.5, 0.6) is 5.75 Å². The van der Waals surface area contributed by atoms with Gasteiger partial charge in [-0.05, 0) is 42.4 Å². The third-order valence-corrected chi connectivity index (χ3v) is 7.61. The molecular weight excluding hydrogens is 696 g/mol. The summed E-state index contributed by atoms with van der Waals surface area (Å²) in [5, 5.41) is 26.6. The van der Waals surface area contributed by atoms with Crippen LogP contribution in [0, 0.1) is 11.8 Å². The van der Waals surface area contributed by atoms with Crippen LogP contribution in [-0.2, 0) is 19.2 Å². The normalized spacial score (nSPS) is 18.5. The molecule has 0 unspecified atom stereocenters. The van der Waals surface area contributed by atoms with Gasteiger partial charge < -0.3 is 31.1 Å². The minimum absolute atomic E-state index is 0.121.